The lowest BCUT2D eigenvalue weighted by atomic mass is 10.1. The Morgan fingerprint density at radius 3 is 2.62 bits per heavy atom. The fourth-order valence-corrected chi connectivity index (χ4v) is 3.12. The number of carbonyl (C=O) groups is 2. The number of methoxy groups -OCH3 is 1. The standard InChI is InChI=1S/C21H24N2O3/c1-15-5-7-16(8-6-15)9-12-20(24)22-17-10-11-18(19(14-17)26-2)23-13-3-4-21(23)25/h5-8,10-11,14H,3-4,9,12-13H2,1-2H3,(H,22,24). The Kier molecular flexibility index (Phi) is 5.56. The van der Waals surface area contributed by atoms with E-state index < -0.39 is 0 Å². The van der Waals surface area contributed by atoms with Gasteiger partial charge in [-0.15, -0.1) is 0 Å². The molecule has 0 aromatic heterocycles. The third-order valence-electron chi connectivity index (χ3n) is 4.59. The summed E-state index contributed by atoms with van der Waals surface area (Å²) >= 11 is 0. The van der Waals surface area contributed by atoms with Crippen LogP contribution in [0.2, 0.25) is 0 Å². The fourth-order valence-electron chi connectivity index (χ4n) is 3.12. The Balaban J connectivity index is 1.63. The SMILES string of the molecule is COc1cc(NC(=O)CCc2ccc(C)cc2)ccc1N1CCCC1=O. The molecule has 0 radical (unpaired) electrons. The number of ether oxygens (including phenoxy) is 1. The van der Waals surface area contributed by atoms with Crippen molar-refractivity contribution >= 4 is 23.2 Å². The topological polar surface area (TPSA) is 58.6 Å². The molecule has 2 aromatic rings. The lowest BCUT2D eigenvalue weighted by Crippen LogP contribution is -2.24. The number of aryl methyl sites for hydroxylation is 2. The van der Waals surface area contributed by atoms with Gasteiger partial charge in [0.25, 0.3) is 0 Å². The highest BCUT2D eigenvalue weighted by Gasteiger charge is 2.24. The van der Waals surface area contributed by atoms with Gasteiger partial charge in [-0.25, -0.2) is 0 Å². The number of nitrogens with one attached hydrogen (secondary N) is 1. The zero-order valence-corrected chi connectivity index (χ0v) is 15.2. The van der Waals surface area contributed by atoms with Gasteiger partial charge in [0.15, 0.2) is 0 Å². The van der Waals surface area contributed by atoms with Crippen LogP contribution in [0.15, 0.2) is 42.5 Å². The van der Waals surface area contributed by atoms with Crippen LogP contribution in [0.4, 0.5) is 11.4 Å². The first-order chi connectivity index (χ1) is 12.6. The summed E-state index contributed by atoms with van der Waals surface area (Å²) in [7, 11) is 1.57. The average molecular weight is 352 g/mol. The first kappa shape index (κ1) is 18.0. The predicted molar refractivity (Wildman–Crippen MR) is 103 cm³/mol. The van der Waals surface area contributed by atoms with Gasteiger partial charge >= 0.3 is 0 Å². The molecule has 1 heterocycles. The van der Waals surface area contributed by atoms with Crippen LogP contribution >= 0.6 is 0 Å². The van der Waals surface area contributed by atoms with Crippen LogP contribution in [-0.2, 0) is 16.0 Å². The monoisotopic (exact) mass is 352 g/mol. The predicted octanol–water partition coefficient (Wildman–Crippen LogP) is 3.70. The van der Waals surface area contributed by atoms with Gasteiger partial charge in [0.2, 0.25) is 11.8 Å². The molecule has 0 unspecified atom stereocenters. The van der Waals surface area contributed by atoms with Crippen molar-refractivity contribution < 1.29 is 14.3 Å². The van der Waals surface area contributed by atoms with E-state index >= 15 is 0 Å². The molecular formula is C21H24N2O3. The minimum atomic E-state index is -0.0439. The van der Waals surface area contributed by atoms with E-state index in [-0.39, 0.29) is 11.8 Å². The largest absolute Gasteiger partial charge is 0.494 e. The van der Waals surface area contributed by atoms with E-state index in [0.29, 0.717) is 37.2 Å². The second-order valence-corrected chi connectivity index (χ2v) is 6.57. The van der Waals surface area contributed by atoms with Gasteiger partial charge in [-0.2, -0.15) is 0 Å². The molecule has 0 atom stereocenters. The van der Waals surface area contributed by atoms with Crippen LogP contribution in [0.3, 0.4) is 0 Å². The molecule has 0 bridgehead atoms. The van der Waals surface area contributed by atoms with Gasteiger partial charge in [0.1, 0.15) is 5.75 Å². The maximum absolute atomic E-state index is 12.2. The van der Waals surface area contributed by atoms with E-state index in [4.69, 9.17) is 4.74 Å². The number of anilines is 2. The minimum Gasteiger partial charge on any atom is -0.494 e. The normalized spacial score (nSPS) is 13.8. The summed E-state index contributed by atoms with van der Waals surface area (Å²) in [4.78, 5) is 25.9. The van der Waals surface area contributed by atoms with Gasteiger partial charge in [-0.3, -0.25) is 9.59 Å². The van der Waals surface area contributed by atoms with Crippen LogP contribution in [-0.4, -0.2) is 25.5 Å². The summed E-state index contributed by atoms with van der Waals surface area (Å²) in [5.41, 5.74) is 3.78. The molecule has 0 aliphatic carbocycles. The van der Waals surface area contributed by atoms with Crippen molar-refractivity contribution in [3.05, 3.63) is 53.6 Å². The molecule has 1 saturated heterocycles. The number of benzene rings is 2. The van der Waals surface area contributed by atoms with Crippen molar-refractivity contribution in [3.8, 4) is 5.75 Å². The smallest absolute Gasteiger partial charge is 0.227 e. The minimum absolute atomic E-state index is 0.0439. The molecular weight excluding hydrogens is 328 g/mol. The molecule has 1 N–H and O–H groups in total. The number of amides is 2. The summed E-state index contributed by atoms with van der Waals surface area (Å²) < 4.78 is 5.42. The van der Waals surface area contributed by atoms with Crippen LogP contribution in [0.5, 0.6) is 5.75 Å². The number of rotatable bonds is 6. The average Bonchev–Trinajstić information content (AvgIpc) is 3.07. The zero-order chi connectivity index (χ0) is 18.5. The maximum atomic E-state index is 12.2. The van der Waals surface area contributed by atoms with Gasteiger partial charge in [-0.1, -0.05) is 29.8 Å². The Hall–Kier alpha value is -2.82. The first-order valence-electron chi connectivity index (χ1n) is 8.90. The van der Waals surface area contributed by atoms with Crippen molar-refractivity contribution in [2.75, 3.05) is 23.9 Å². The fraction of sp³-hybridized carbons (Fsp3) is 0.333. The van der Waals surface area contributed by atoms with E-state index in [1.807, 2.05) is 31.2 Å². The lowest BCUT2D eigenvalue weighted by molar-refractivity contribution is -0.117. The summed E-state index contributed by atoms with van der Waals surface area (Å²) in [5.74, 6) is 0.660. The highest BCUT2D eigenvalue weighted by atomic mass is 16.5. The van der Waals surface area contributed by atoms with Gasteiger partial charge in [-0.05, 0) is 37.5 Å². The highest BCUT2D eigenvalue weighted by molar-refractivity contribution is 5.98. The Morgan fingerprint density at radius 2 is 1.96 bits per heavy atom. The molecule has 1 fully saturated rings. The van der Waals surface area contributed by atoms with Crippen molar-refractivity contribution in [3.63, 3.8) is 0 Å². The highest BCUT2D eigenvalue weighted by Crippen LogP contribution is 2.33. The lowest BCUT2D eigenvalue weighted by Gasteiger charge is -2.19. The maximum Gasteiger partial charge on any atom is 0.227 e. The van der Waals surface area contributed by atoms with Gasteiger partial charge in [0, 0.05) is 31.1 Å². The van der Waals surface area contributed by atoms with E-state index in [1.165, 1.54) is 5.56 Å². The molecule has 5 nitrogen and oxygen atoms in total. The van der Waals surface area contributed by atoms with Gasteiger partial charge in [0.05, 0.1) is 12.8 Å². The third kappa shape index (κ3) is 4.23. The number of hydrogen-bond acceptors (Lipinski definition) is 3. The number of carbonyl (C=O) groups excluding carboxylic acids is 2. The van der Waals surface area contributed by atoms with Crippen LogP contribution in [0.25, 0.3) is 0 Å². The summed E-state index contributed by atoms with van der Waals surface area (Å²) in [6.07, 6.45) is 2.54. The van der Waals surface area contributed by atoms with E-state index in [2.05, 4.69) is 17.4 Å². The second-order valence-electron chi connectivity index (χ2n) is 6.57. The molecule has 136 valence electrons. The molecule has 0 spiro atoms. The van der Waals surface area contributed by atoms with Crippen molar-refractivity contribution in [2.24, 2.45) is 0 Å². The van der Waals surface area contributed by atoms with E-state index in [9.17, 15) is 9.59 Å². The van der Waals surface area contributed by atoms with Crippen molar-refractivity contribution in [1.82, 2.24) is 0 Å². The summed E-state index contributed by atoms with van der Waals surface area (Å²) in [6.45, 7) is 2.75. The molecule has 1 aliphatic rings. The van der Waals surface area contributed by atoms with E-state index in [1.54, 1.807) is 18.1 Å². The Bertz CT molecular complexity index is 799. The number of nitrogens with zero attached hydrogens (tertiary/aromatic N) is 1. The molecule has 2 aromatic carbocycles. The third-order valence-corrected chi connectivity index (χ3v) is 4.59. The number of hydrogen-bond donors (Lipinski definition) is 1. The Labute approximate surface area is 154 Å². The van der Waals surface area contributed by atoms with Crippen LogP contribution in [0.1, 0.15) is 30.4 Å². The molecule has 0 saturated carbocycles. The second kappa shape index (κ2) is 8.04. The quantitative estimate of drug-likeness (QED) is 0.862. The zero-order valence-electron chi connectivity index (χ0n) is 15.2. The summed E-state index contributed by atoms with van der Waals surface area (Å²) in [5, 5.41) is 2.90. The van der Waals surface area contributed by atoms with Crippen molar-refractivity contribution in [2.45, 2.75) is 32.6 Å². The molecule has 1 aliphatic heterocycles. The molecule has 3 rings (SSSR count). The van der Waals surface area contributed by atoms with Gasteiger partial charge < -0.3 is 15.0 Å². The molecule has 5 heteroatoms. The first-order valence-corrected chi connectivity index (χ1v) is 8.90. The van der Waals surface area contributed by atoms with E-state index in [0.717, 1.165) is 17.7 Å². The van der Waals surface area contributed by atoms with Crippen LogP contribution in [0, 0.1) is 6.92 Å². The van der Waals surface area contributed by atoms with Crippen LogP contribution < -0.4 is 15.0 Å². The summed E-state index contributed by atoms with van der Waals surface area (Å²) in [6, 6.07) is 13.6. The molecule has 2 amide bonds. The van der Waals surface area contributed by atoms with Crippen molar-refractivity contribution in [1.29, 1.82) is 0 Å². The Morgan fingerprint density at radius 1 is 1.19 bits per heavy atom. The molecule has 26 heavy (non-hydrogen) atoms.